The standard InChI is InChI=1S/C6H14N2O2/c1-4(3-9)2-5(7)6(8)10/h4-5,9H,2-3,7H2,1H3,(H2,8,10). The third-order valence-corrected chi connectivity index (χ3v) is 1.33. The summed E-state index contributed by atoms with van der Waals surface area (Å²) in [6.45, 7) is 1.85. The molecule has 0 rings (SSSR count). The number of carbonyl (C=O) groups is 1. The average molecular weight is 146 g/mol. The first-order valence-electron chi connectivity index (χ1n) is 3.23. The van der Waals surface area contributed by atoms with Crippen molar-refractivity contribution in [1.29, 1.82) is 0 Å². The van der Waals surface area contributed by atoms with Crippen LogP contribution in [0.25, 0.3) is 0 Å². The molecule has 0 aliphatic carbocycles. The Bertz CT molecular complexity index is 116. The van der Waals surface area contributed by atoms with Crippen LogP contribution in [0.1, 0.15) is 13.3 Å². The summed E-state index contributed by atoms with van der Waals surface area (Å²) in [5, 5.41) is 8.56. The van der Waals surface area contributed by atoms with E-state index in [0.717, 1.165) is 0 Å². The van der Waals surface area contributed by atoms with Gasteiger partial charge >= 0.3 is 0 Å². The van der Waals surface area contributed by atoms with E-state index in [2.05, 4.69) is 0 Å². The molecule has 0 spiro atoms. The molecular weight excluding hydrogens is 132 g/mol. The van der Waals surface area contributed by atoms with Crippen LogP contribution >= 0.6 is 0 Å². The van der Waals surface area contributed by atoms with Crippen LogP contribution in [0.3, 0.4) is 0 Å². The zero-order valence-corrected chi connectivity index (χ0v) is 6.08. The van der Waals surface area contributed by atoms with Gasteiger partial charge in [-0.1, -0.05) is 6.92 Å². The van der Waals surface area contributed by atoms with E-state index < -0.39 is 11.9 Å². The van der Waals surface area contributed by atoms with E-state index in [9.17, 15) is 4.79 Å². The molecule has 0 aliphatic rings. The Balaban J connectivity index is 3.56. The number of hydrogen-bond acceptors (Lipinski definition) is 3. The molecule has 2 atom stereocenters. The molecule has 0 aromatic rings. The molecule has 0 fully saturated rings. The smallest absolute Gasteiger partial charge is 0.234 e. The van der Waals surface area contributed by atoms with Crippen molar-refractivity contribution < 1.29 is 9.90 Å². The first kappa shape index (κ1) is 9.39. The first-order chi connectivity index (χ1) is 4.57. The summed E-state index contributed by atoms with van der Waals surface area (Å²) in [5.41, 5.74) is 10.2. The van der Waals surface area contributed by atoms with Crippen molar-refractivity contribution in [3.63, 3.8) is 0 Å². The summed E-state index contributed by atoms with van der Waals surface area (Å²) in [5.74, 6) is -0.470. The van der Waals surface area contributed by atoms with Crippen molar-refractivity contribution in [1.82, 2.24) is 0 Å². The SMILES string of the molecule is CC(CO)CC(N)C(N)=O. The summed E-state index contributed by atoms with van der Waals surface area (Å²) < 4.78 is 0. The molecular formula is C6H14N2O2. The van der Waals surface area contributed by atoms with Gasteiger partial charge in [0.15, 0.2) is 0 Å². The molecule has 1 amide bonds. The number of primary amides is 1. The van der Waals surface area contributed by atoms with Gasteiger partial charge in [-0.15, -0.1) is 0 Å². The van der Waals surface area contributed by atoms with Crippen LogP contribution in [0, 0.1) is 5.92 Å². The number of rotatable bonds is 4. The molecule has 0 aromatic heterocycles. The predicted octanol–water partition coefficient (Wildman–Crippen LogP) is -1.18. The molecule has 0 aliphatic heterocycles. The molecule has 0 aromatic carbocycles. The Hall–Kier alpha value is -0.610. The van der Waals surface area contributed by atoms with Crippen LogP contribution in [0.4, 0.5) is 0 Å². The van der Waals surface area contributed by atoms with E-state index in [-0.39, 0.29) is 12.5 Å². The van der Waals surface area contributed by atoms with E-state index in [1.807, 2.05) is 6.92 Å². The van der Waals surface area contributed by atoms with E-state index >= 15 is 0 Å². The number of aliphatic hydroxyl groups is 1. The lowest BCUT2D eigenvalue weighted by molar-refractivity contribution is -0.119. The number of hydrogen-bond donors (Lipinski definition) is 3. The van der Waals surface area contributed by atoms with Crippen molar-refractivity contribution in [3.05, 3.63) is 0 Å². The zero-order chi connectivity index (χ0) is 8.15. The normalized spacial score (nSPS) is 16.3. The Labute approximate surface area is 60.2 Å². The van der Waals surface area contributed by atoms with Crippen LogP contribution in [0.5, 0.6) is 0 Å². The Morgan fingerprint density at radius 2 is 2.20 bits per heavy atom. The minimum Gasteiger partial charge on any atom is -0.396 e. The van der Waals surface area contributed by atoms with E-state index in [4.69, 9.17) is 16.6 Å². The zero-order valence-electron chi connectivity index (χ0n) is 6.08. The molecule has 4 heteroatoms. The van der Waals surface area contributed by atoms with Gasteiger partial charge in [0.1, 0.15) is 0 Å². The Morgan fingerprint density at radius 3 is 2.50 bits per heavy atom. The lowest BCUT2D eigenvalue weighted by atomic mass is 10.0. The molecule has 0 heterocycles. The fourth-order valence-corrected chi connectivity index (χ4v) is 0.624. The highest BCUT2D eigenvalue weighted by molar-refractivity contribution is 5.79. The van der Waals surface area contributed by atoms with E-state index in [1.165, 1.54) is 0 Å². The fraction of sp³-hybridized carbons (Fsp3) is 0.833. The largest absolute Gasteiger partial charge is 0.396 e. The Morgan fingerprint density at radius 1 is 1.70 bits per heavy atom. The second kappa shape index (κ2) is 4.24. The molecule has 0 bridgehead atoms. The van der Waals surface area contributed by atoms with Crippen LogP contribution in [-0.4, -0.2) is 23.7 Å². The average Bonchev–Trinajstić information content (AvgIpc) is 1.87. The fourth-order valence-electron chi connectivity index (χ4n) is 0.624. The van der Waals surface area contributed by atoms with Crippen molar-refractivity contribution in [3.8, 4) is 0 Å². The Kier molecular flexibility index (Phi) is 3.99. The molecule has 4 nitrogen and oxygen atoms in total. The summed E-state index contributed by atoms with van der Waals surface area (Å²) in [6, 6.07) is -0.623. The monoisotopic (exact) mass is 146 g/mol. The lowest BCUT2D eigenvalue weighted by Crippen LogP contribution is -2.38. The van der Waals surface area contributed by atoms with Gasteiger partial charge < -0.3 is 16.6 Å². The number of amides is 1. The maximum Gasteiger partial charge on any atom is 0.234 e. The predicted molar refractivity (Wildman–Crippen MR) is 38.0 cm³/mol. The lowest BCUT2D eigenvalue weighted by Gasteiger charge is -2.11. The van der Waals surface area contributed by atoms with Gasteiger partial charge in [0.25, 0.3) is 0 Å². The van der Waals surface area contributed by atoms with Gasteiger partial charge in [0, 0.05) is 6.61 Å². The molecule has 0 radical (unpaired) electrons. The maximum absolute atomic E-state index is 10.4. The summed E-state index contributed by atoms with van der Waals surface area (Å²) >= 11 is 0. The van der Waals surface area contributed by atoms with Gasteiger partial charge in [0.2, 0.25) is 5.91 Å². The highest BCUT2D eigenvalue weighted by Crippen LogP contribution is 2.01. The van der Waals surface area contributed by atoms with Gasteiger partial charge in [-0.25, -0.2) is 0 Å². The minimum atomic E-state index is -0.623. The van der Waals surface area contributed by atoms with Crippen molar-refractivity contribution in [2.45, 2.75) is 19.4 Å². The maximum atomic E-state index is 10.4. The van der Waals surface area contributed by atoms with Gasteiger partial charge in [-0.2, -0.15) is 0 Å². The summed E-state index contributed by atoms with van der Waals surface area (Å²) in [6.07, 6.45) is 0.450. The van der Waals surface area contributed by atoms with Crippen molar-refractivity contribution in [2.75, 3.05) is 6.61 Å². The molecule has 2 unspecified atom stereocenters. The van der Waals surface area contributed by atoms with E-state index in [1.54, 1.807) is 0 Å². The first-order valence-corrected chi connectivity index (χ1v) is 3.23. The second-order valence-corrected chi connectivity index (χ2v) is 2.53. The van der Waals surface area contributed by atoms with Gasteiger partial charge in [0.05, 0.1) is 6.04 Å². The number of nitrogens with two attached hydrogens (primary N) is 2. The van der Waals surface area contributed by atoms with Gasteiger partial charge in [-0.05, 0) is 12.3 Å². The molecule has 5 N–H and O–H groups in total. The van der Waals surface area contributed by atoms with Crippen LogP contribution in [0.2, 0.25) is 0 Å². The summed E-state index contributed by atoms with van der Waals surface area (Å²) in [7, 11) is 0. The molecule has 0 saturated carbocycles. The third kappa shape index (κ3) is 3.42. The number of aliphatic hydroxyl groups excluding tert-OH is 1. The third-order valence-electron chi connectivity index (χ3n) is 1.33. The van der Waals surface area contributed by atoms with Gasteiger partial charge in [-0.3, -0.25) is 4.79 Å². The second-order valence-electron chi connectivity index (χ2n) is 2.53. The topological polar surface area (TPSA) is 89.3 Å². The van der Waals surface area contributed by atoms with Crippen molar-refractivity contribution in [2.24, 2.45) is 17.4 Å². The highest BCUT2D eigenvalue weighted by Gasteiger charge is 2.12. The minimum absolute atomic E-state index is 0.0426. The molecule has 60 valence electrons. The molecule has 10 heavy (non-hydrogen) atoms. The van der Waals surface area contributed by atoms with Crippen molar-refractivity contribution >= 4 is 5.91 Å². The number of carbonyl (C=O) groups excluding carboxylic acids is 1. The van der Waals surface area contributed by atoms with Crippen LogP contribution in [0.15, 0.2) is 0 Å². The highest BCUT2D eigenvalue weighted by atomic mass is 16.3. The quantitative estimate of drug-likeness (QED) is 0.466. The van der Waals surface area contributed by atoms with Crippen LogP contribution in [-0.2, 0) is 4.79 Å². The van der Waals surface area contributed by atoms with E-state index in [0.29, 0.717) is 6.42 Å². The van der Waals surface area contributed by atoms with Crippen LogP contribution < -0.4 is 11.5 Å². The summed E-state index contributed by atoms with van der Waals surface area (Å²) in [4.78, 5) is 10.4. The molecule has 0 saturated heterocycles.